The molecule has 0 amide bonds. The molecule has 4 aliphatic carbocycles. The Balaban J connectivity index is 0.000000527. The fourth-order valence-electron chi connectivity index (χ4n) is 16.4. The van der Waals surface area contributed by atoms with E-state index in [9.17, 15) is 57.5 Å². The summed E-state index contributed by atoms with van der Waals surface area (Å²) >= 11 is 0. The molecule has 720 valence electrons. The molecule has 0 saturated heterocycles. The molecule has 0 heterocycles. The molecule has 4 saturated carbocycles. The lowest BCUT2D eigenvalue weighted by molar-refractivity contribution is 0.0288. The molecule has 36 heteroatoms. The van der Waals surface area contributed by atoms with Gasteiger partial charge in [0.1, 0.15) is 37.4 Å². The standard InChI is InChI=1S/C15H22N2O2.C15H10N2O2.C12H6N2O2.C12H18N2O2.C11H18N2O2.C10H14N2O2.C10H8N2O2.C9H6N2O2.C8H12N2O2/c2*16-10-19-15-7-3-13(4-8-15)9-12-1-5-14(6-2-12)17-11-18;15-7-13-11-5-1-3-9-10(11)4-2-6-12(9)14-8-16;1-11(2)4-10(14-9-15)5-12(3,6-11)7-16-8-13;1-10(4-5-13-9-14)6-11(2,3)7-15-8-12;2*13-7-11-5-9-2-1-3-10(4-9)6-12-8-14;1-7-2-3-8(11-6-12)4-9(7)13-5-10;9-7-12-6-4-2-1-3-5-10-8-11/h12-15H,1-9H2;1-8H,9H2;1-6H;10H,4-7H2,1-3H3;10H,4-7H2,1-3H3;9-10H,1-6H2;1-4H,5-6H2;2-4H,1H3;1-6H2. The average molecular weight is 1880 g/mol. The fraction of sp³-hybridized carbons (Fsp3) is 0.490. The number of aryl methyl sites for hydroxylation is 1. The van der Waals surface area contributed by atoms with Gasteiger partial charge in [0, 0.05) is 27.7 Å². The summed E-state index contributed by atoms with van der Waals surface area (Å²) in [6.07, 6.45) is 52.1. The number of nitrogens with zero attached hydrogens (tertiary/aromatic N) is 18. The lowest BCUT2D eigenvalue weighted by Crippen LogP contribution is -2.40. The summed E-state index contributed by atoms with van der Waals surface area (Å²) in [4.78, 5) is 163. The molecular weight excluding hydrogens is 1770 g/mol. The molecule has 0 aliphatic heterocycles. The summed E-state index contributed by atoms with van der Waals surface area (Å²) in [7, 11) is 0. The Bertz CT molecular complexity index is 5490. The number of benzene rings is 6. The van der Waals surface area contributed by atoms with Crippen molar-refractivity contribution in [2.24, 2.45) is 106 Å². The second-order valence-electron chi connectivity index (χ2n) is 34.4. The van der Waals surface area contributed by atoms with Crippen LogP contribution in [0, 0.1) is 122 Å². The lowest BCUT2D eigenvalue weighted by atomic mass is 9.63. The second-order valence-corrected chi connectivity index (χ2v) is 34.4. The van der Waals surface area contributed by atoms with E-state index in [1.54, 1.807) is 135 Å². The first-order chi connectivity index (χ1) is 66.8. The van der Waals surface area contributed by atoms with Crippen molar-refractivity contribution in [3.63, 3.8) is 0 Å². The third-order valence-corrected chi connectivity index (χ3v) is 22.2. The topological polar surface area (TPSA) is 551 Å². The van der Waals surface area contributed by atoms with Crippen molar-refractivity contribution in [3.8, 4) is 49.0 Å². The van der Waals surface area contributed by atoms with Crippen LogP contribution in [0.5, 0.6) is 11.5 Å². The Hall–Kier alpha value is -16.1. The number of fused-ring (bicyclic) bond motifs is 1. The summed E-state index contributed by atoms with van der Waals surface area (Å²) < 4.78 is 28.5. The van der Waals surface area contributed by atoms with Crippen molar-refractivity contribution in [2.45, 2.75) is 227 Å². The molecule has 0 spiro atoms. The number of hydrogen-bond acceptors (Lipinski definition) is 36. The van der Waals surface area contributed by atoms with Crippen LogP contribution in [0.15, 0.2) is 187 Å². The summed E-state index contributed by atoms with van der Waals surface area (Å²) in [6.45, 7) is 18.6. The van der Waals surface area contributed by atoms with Gasteiger partial charge < -0.3 is 28.4 Å². The molecule has 138 heavy (non-hydrogen) atoms. The molecule has 6 aromatic carbocycles. The van der Waals surface area contributed by atoms with Gasteiger partial charge in [-0.25, -0.2) is 97.5 Å². The maximum Gasteiger partial charge on any atom is 0.292 e. The van der Waals surface area contributed by atoms with Crippen LogP contribution >= 0.6 is 0 Å². The van der Waals surface area contributed by atoms with Crippen LogP contribution in [0.2, 0.25) is 0 Å². The molecule has 5 unspecified atom stereocenters. The van der Waals surface area contributed by atoms with E-state index in [4.69, 9.17) is 50.5 Å². The van der Waals surface area contributed by atoms with Crippen LogP contribution in [0.3, 0.4) is 0 Å². The van der Waals surface area contributed by atoms with Gasteiger partial charge in [0.25, 0.3) is 37.5 Å². The third kappa shape index (κ3) is 54.2. The van der Waals surface area contributed by atoms with Crippen molar-refractivity contribution in [1.29, 1.82) is 31.6 Å². The highest BCUT2D eigenvalue weighted by atomic mass is 16.5. The van der Waals surface area contributed by atoms with E-state index in [0.29, 0.717) is 111 Å². The minimum atomic E-state index is -0.0809. The van der Waals surface area contributed by atoms with Crippen LogP contribution in [-0.2, 0) is 96.0 Å². The summed E-state index contributed by atoms with van der Waals surface area (Å²) in [6, 6.07) is 37.6. The van der Waals surface area contributed by atoms with Gasteiger partial charge in [-0.3, -0.25) is 0 Å². The third-order valence-electron chi connectivity index (χ3n) is 22.2. The molecular formula is C102H114N18O18. The summed E-state index contributed by atoms with van der Waals surface area (Å²) in [5, 5.41) is 51.4. The van der Waals surface area contributed by atoms with E-state index >= 15 is 0 Å². The van der Waals surface area contributed by atoms with Gasteiger partial charge in [-0.15, -0.1) is 10.5 Å². The second kappa shape index (κ2) is 73.4. The molecule has 6 aromatic rings. The van der Waals surface area contributed by atoms with Gasteiger partial charge >= 0.3 is 0 Å². The SMILES string of the molecule is CC(CCN=C=O)CC(C)(C)COC#N.CC1(C)CC(N=C=O)CC(C)(COC#N)C1.Cc1ccc(N=C=O)cc1OC#N.N#COC1CCC(CC2CCC(N=C=O)CC2)CC1.N#COCCCCCCN=C=O.N#COc1ccc(Cc2ccc(N=C=O)cc2)cc1.O=C=NCC1CCCC(CN=C=O)C1.O=C=NCc1cccc(CN=C=O)c1.O=C=Nc1cccc2c(N=C=O)cccc12. The highest BCUT2D eigenvalue weighted by Crippen LogP contribution is 2.47. The van der Waals surface area contributed by atoms with E-state index in [2.05, 4.69) is 111 Å². The van der Waals surface area contributed by atoms with Crippen molar-refractivity contribution >= 4 is 106 Å². The van der Waals surface area contributed by atoms with Crippen molar-refractivity contribution < 1.29 is 86.0 Å². The maximum atomic E-state index is 10.3. The number of rotatable bonds is 37. The normalized spacial score (nSPS) is 17.2. The largest absolute Gasteiger partial charge is 0.428 e. The number of ether oxygens (including phenoxy) is 6. The first-order valence-corrected chi connectivity index (χ1v) is 44.6. The van der Waals surface area contributed by atoms with Crippen LogP contribution in [-0.4, -0.2) is 137 Å². The van der Waals surface area contributed by atoms with Crippen LogP contribution in [0.25, 0.3) is 10.8 Å². The monoisotopic (exact) mass is 1880 g/mol. The van der Waals surface area contributed by atoms with Gasteiger partial charge in [0.15, 0.2) is 0 Å². The Labute approximate surface area is 803 Å². The van der Waals surface area contributed by atoms with Gasteiger partial charge in [-0.2, -0.15) is 41.0 Å². The van der Waals surface area contributed by atoms with Crippen molar-refractivity contribution in [1.82, 2.24) is 0 Å². The number of hydrogen-bond donors (Lipinski definition) is 0. The van der Waals surface area contributed by atoms with E-state index < -0.39 is 0 Å². The molecule has 5 atom stereocenters. The smallest absolute Gasteiger partial charge is 0.292 e. The molecule has 0 aromatic heterocycles. The minimum absolute atomic E-state index is 0.00791. The van der Waals surface area contributed by atoms with Gasteiger partial charge in [0.05, 0.1) is 74.1 Å². The van der Waals surface area contributed by atoms with Gasteiger partial charge in [0.2, 0.25) is 73.0 Å². The Morgan fingerprint density at radius 1 is 0.442 bits per heavy atom. The highest BCUT2D eigenvalue weighted by molar-refractivity contribution is 6.00. The Kier molecular flexibility index (Phi) is 62.7. The van der Waals surface area contributed by atoms with E-state index in [1.807, 2.05) is 54.8 Å². The van der Waals surface area contributed by atoms with Gasteiger partial charge in [-0.05, 0) is 247 Å². The summed E-state index contributed by atoms with van der Waals surface area (Å²) in [5.41, 5.74) is 6.88. The van der Waals surface area contributed by atoms with Crippen LogP contribution < -0.4 is 9.47 Å². The number of unbranched alkanes of at least 4 members (excludes halogenated alkanes) is 3. The van der Waals surface area contributed by atoms with E-state index in [-0.39, 0.29) is 34.4 Å². The molecule has 0 bridgehead atoms. The van der Waals surface area contributed by atoms with Crippen molar-refractivity contribution in [2.75, 3.05) is 46.0 Å². The Morgan fingerprint density at radius 3 is 1.46 bits per heavy atom. The number of nitriles is 6. The predicted molar refractivity (Wildman–Crippen MR) is 506 cm³/mol. The van der Waals surface area contributed by atoms with Crippen LogP contribution in [0.4, 0.5) is 22.7 Å². The maximum absolute atomic E-state index is 10.3. The highest BCUT2D eigenvalue weighted by Gasteiger charge is 2.42. The Morgan fingerprint density at radius 2 is 0.942 bits per heavy atom. The van der Waals surface area contributed by atoms with E-state index in [1.165, 1.54) is 86.8 Å². The first kappa shape index (κ1) is 118. The quantitative estimate of drug-likeness (QED) is 0.0151. The zero-order chi connectivity index (χ0) is 102. The first-order valence-electron chi connectivity index (χ1n) is 44.6. The van der Waals surface area contributed by atoms with Crippen molar-refractivity contribution in [3.05, 3.63) is 155 Å². The van der Waals surface area contributed by atoms with E-state index in [0.717, 1.165) is 166 Å². The van der Waals surface area contributed by atoms with Crippen LogP contribution in [0.1, 0.15) is 211 Å². The molecule has 10 rings (SSSR count). The molecule has 4 aliphatic rings. The fourth-order valence-corrected chi connectivity index (χ4v) is 16.4. The zero-order valence-corrected chi connectivity index (χ0v) is 78.8. The number of isocyanates is 12. The number of carbonyl (C=O) groups excluding carboxylic acids is 12. The van der Waals surface area contributed by atoms with Gasteiger partial charge in [-0.1, -0.05) is 133 Å². The number of aliphatic imine (C=N–C) groups is 12. The average Bonchev–Trinajstić information content (AvgIpc) is 0.791. The zero-order valence-electron chi connectivity index (χ0n) is 78.8. The molecule has 0 N–H and O–H groups in total. The summed E-state index contributed by atoms with van der Waals surface area (Å²) in [5.74, 6) is 3.93. The molecule has 36 nitrogen and oxygen atoms in total. The molecule has 4 fully saturated rings. The molecule has 0 radical (unpaired) electrons. The predicted octanol–water partition coefficient (Wildman–Crippen LogP) is 19.9. The minimum Gasteiger partial charge on any atom is -0.428 e. The lowest BCUT2D eigenvalue weighted by Gasteiger charge is -2.44.